The monoisotopic (exact) mass is 402 g/mol. The number of hydrogen-bond donors (Lipinski definition) is 0. The van der Waals surface area contributed by atoms with Crippen molar-refractivity contribution in [2.75, 3.05) is 6.61 Å². The smallest absolute Gasteiger partial charge is 0.119 e. The fourth-order valence-corrected chi connectivity index (χ4v) is 4.42. The highest BCUT2D eigenvalue weighted by Gasteiger charge is 2.20. The molecular formula is C29H38O. The lowest BCUT2D eigenvalue weighted by Gasteiger charge is -2.28. The van der Waals surface area contributed by atoms with Gasteiger partial charge in [0.25, 0.3) is 0 Å². The summed E-state index contributed by atoms with van der Waals surface area (Å²) < 4.78 is 6.06. The van der Waals surface area contributed by atoms with Gasteiger partial charge in [-0.2, -0.15) is 0 Å². The Bertz CT molecular complexity index is 783. The first-order chi connectivity index (χ1) is 14.8. The van der Waals surface area contributed by atoms with Crippen molar-refractivity contribution < 1.29 is 4.74 Å². The highest BCUT2D eigenvalue weighted by atomic mass is 16.5. The molecule has 0 bridgehead atoms. The Morgan fingerprint density at radius 2 is 1.33 bits per heavy atom. The number of aryl methyl sites for hydroxylation is 1. The fourth-order valence-electron chi connectivity index (χ4n) is 4.42. The Kier molecular flexibility index (Phi) is 9.36. The van der Waals surface area contributed by atoms with Gasteiger partial charge in [0.2, 0.25) is 0 Å². The van der Waals surface area contributed by atoms with E-state index < -0.39 is 0 Å². The van der Waals surface area contributed by atoms with Gasteiger partial charge in [-0.25, -0.2) is 0 Å². The molecule has 0 amide bonds. The Hall–Kier alpha value is -2.20. The van der Waals surface area contributed by atoms with Crippen molar-refractivity contribution >= 4 is 0 Å². The lowest BCUT2D eigenvalue weighted by atomic mass is 9.80. The summed E-state index contributed by atoms with van der Waals surface area (Å²) in [5.41, 5.74) is 3.53. The summed E-state index contributed by atoms with van der Waals surface area (Å²) in [5.74, 6) is 9.21. The molecule has 1 fully saturated rings. The molecule has 1 aliphatic carbocycles. The predicted molar refractivity (Wildman–Crippen MR) is 128 cm³/mol. The van der Waals surface area contributed by atoms with Crippen LogP contribution in [0.25, 0.3) is 0 Å². The summed E-state index contributed by atoms with van der Waals surface area (Å²) in [6, 6.07) is 17.0. The largest absolute Gasteiger partial charge is 0.493 e. The fraction of sp³-hybridized carbons (Fsp3) is 0.517. The maximum Gasteiger partial charge on any atom is 0.119 e. The maximum atomic E-state index is 6.06. The Morgan fingerprint density at radius 1 is 0.733 bits per heavy atom. The minimum Gasteiger partial charge on any atom is -0.493 e. The normalized spacial score (nSPS) is 18.5. The molecule has 2 aromatic rings. The quantitative estimate of drug-likeness (QED) is 0.307. The van der Waals surface area contributed by atoms with E-state index in [0.717, 1.165) is 35.3 Å². The molecule has 0 radical (unpaired) electrons. The minimum atomic E-state index is 0.725. The van der Waals surface area contributed by atoms with Crippen LogP contribution in [0.4, 0.5) is 0 Å². The van der Waals surface area contributed by atoms with Crippen LogP contribution in [0.2, 0.25) is 0 Å². The van der Waals surface area contributed by atoms with Gasteiger partial charge in [-0.1, -0.05) is 76.3 Å². The SMILES string of the molecule is CCCCCc1ccc(C#Cc2ccc(OCC3CCC(CCC)CC3)cc2)cc1. The molecule has 0 atom stereocenters. The van der Waals surface area contributed by atoms with E-state index in [1.165, 1.54) is 69.8 Å². The number of ether oxygens (including phenoxy) is 1. The van der Waals surface area contributed by atoms with Gasteiger partial charge in [0.05, 0.1) is 6.61 Å². The van der Waals surface area contributed by atoms with Crippen LogP contribution in [0.3, 0.4) is 0 Å². The number of benzene rings is 2. The summed E-state index contributed by atoms with van der Waals surface area (Å²) in [7, 11) is 0. The van der Waals surface area contributed by atoms with Crippen molar-refractivity contribution in [1.29, 1.82) is 0 Å². The number of hydrogen-bond acceptors (Lipinski definition) is 1. The van der Waals surface area contributed by atoms with Crippen LogP contribution in [0.5, 0.6) is 5.75 Å². The highest BCUT2D eigenvalue weighted by Crippen LogP contribution is 2.31. The number of rotatable bonds is 9. The zero-order valence-electron chi connectivity index (χ0n) is 19.0. The second kappa shape index (κ2) is 12.5. The van der Waals surface area contributed by atoms with Gasteiger partial charge in [0, 0.05) is 11.1 Å². The van der Waals surface area contributed by atoms with E-state index in [-0.39, 0.29) is 0 Å². The number of unbranched alkanes of at least 4 members (excludes halogenated alkanes) is 2. The van der Waals surface area contributed by atoms with Crippen LogP contribution in [0, 0.1) is 23.7 Å². The van der Waals surface area contributed by atoms with Crippen LogP contribution in [0.15, 0.2) is 48.5 Å². The van der Waals surface area contributed by atoms with E-state index in [1.807, 2.05) is 0 Å². The van der Waals surface area contributed by atoms with Crippen molar-refractivity contribution in [1.82, 2.24) is 0 Å². The summed E-state index contributed by atoms with van der Waals surface area (Å²) in [6.45, 7) is 5.40. The Balaban J connectivity index is 1.44. The molecule has 0 N–H and O–H groups in total. The van der Waals surface area contributed by atoms with Gasteiger partial charge in [0.15, 0.2) is 0 Å². The van der Waals surface area contributed by atoms with E-state index in [9.17, 15) is 0 Å². The molecule has 30 heavy (non-hydrogen) atoms. The Labute approximate surface area is 184 Å². The van der Waals surface area contributed by atoms with Crippen molar-refractivity contribution in [3.05, 3.63) is 65.2 Å². The standard InChI is InChI=1S/C29H38O/c1-3-5-6-8-25-9-11-26(12-10-25)13-14-27-19-21-29(22-20-27)30-23-28-17-15-24(7-4-2)16-18-28/h9-12,19-22,24,28H,3-8,15-18,23H2,1-2H3. The van der Waals surface area contributed by atoms with E-state index in [4.69, 9.17) is 4.74 Å². The first-order valence-corrected chi connectivity index (χ1v) is 12.1. The highest BCUT2D eigenvalue weighted by molar-refractivity contribution is 5.44. The molecule has 160 valence electrons. The van der Waals surface area contributed by atoms with Gasteiger partial charge < -0.3 is 4.74 Å². The molecule has 0 aliphatic heterocycles. The molecule has 0 saturated heterocycles. The molecule has 1 aliphatic rings. The third-order valence-electron chi connectivity index (χ3n) is 6.38. The van der Waals surface area contributed by atoms with E-state index >= 15 is 0 Å². The zero-order chi connectivity index (χ0) is 21.0. The molecule has 1 heteroatoms. The van der Waals surface area contributed by atoms with Gasteiger partial charge in [0.1, 0.15) is 5.75 Å². The van der Waals surface area contributed by atoms with E-state index in [2.05, 4.69) is 74.2 Å². The first kappa shape index (κ1) is 22.5. The van der Waals surface area contributed by atoms with Gasteiger partial charge in [-0.05, 0) is 79.5 Å². The zero-order valence-corrected chi connectivity index (χ0v) is 19.0. The second-order valence-electron chi connectivity index (χ2n) is 8.91. The predicted octanol–water partition coefficient (Wildman–Crippen LogP) is 7.80. The van der Waals surface area contributed by atoms with Crippen LogP contribution in [0.1, 0.15) is 88.3 Å². The van der Waals surface area contributed by atoms with Crippen LogP contribution >= 0.6 is 0 Å². The van der Waals surface area contributed by atoms with Crippen molar-refractivity contribution in [3.8, 4) is 17.6 Å². The van der Waals surface area contributed by atoms with Crippen LogP contribution in [-0.4, -0.2) is 6.61 Å². The molecule has 1 saturated carbocycles. The Morgan fingerprint density at radius 3 is 1.93 bits per heavy atom. The van der Waals surface area contributed by atoms with Crippen molar-refractivity contribution in [3.63, 3.8) is 0 Å². The second-order valence-corrected chi connectivity index (χ2v) is 8.91. The summed E-state index contributed by atoms with van der Waals surface area (Å²) >= 11 is 0. The van der Waals surface area contributed by atoms with Crippen molar-refractivity contribution in [2.45, 2.75) is 78.1 Å². The summed E-state index contributed by atoms with van der Waals surface area (Å²) in [4.78, 5) is 0. The van der Waals surface area contributed by atoms with E-state index in [1.54, 1.807) is 0 Å². The van der Waals surface area contributed by atoms with Gasteiger partial charge >= 0.3 is 0 Å². The van der Waals surface area contributed by atoms with Gasteiger partial charge in [-0.3, -0.25) is 0 Å². The average molecular weight is 403 g/mol. The molecule has 0 aromatic heterocycles. The molecule has 3 rings (SSSR count). The summed E-state index contributed by atoms with van der Waals surface area (Å²) in [6.07, 6.45) is 13.2. The van der Waals surface area contributed by atoms with Gasteiger partial charge in [-0.15, -0.1) is 0 Å². The van der Waals surface area contributed by atoms with Crippen LogP contribution in [-0.2, 0) is 6.42 Å². The third-order valence-corrected chi connectivity index (χ3v) is 6.38. The molecular weight excluding hydrogens is 364 g/mol. The van der Waals surface area contributed by atoms with E-state index in [0.29, 0.717) is 0 Å². The molecule has 2 aromatic carbocycles. The molecule has 1 nitrogen and oxygen atoms in total. The van der Waals surface area contributed by atoms with Crippen molar-refractivity contribution in [2.24, 2.45) is 11.8 Å². The average Bonchev–Trinajstić information content (AvgIpc) is 2.79. The minimum absolute atomic E-state index is 0.725. The third kappa shape index (κ3) is 7.56. The lowest BCUT2D eigenvalue weighted by molar-refractivity contribution is 0.178. The molecule has 0 unspecified atom stereocenters. The molecule has 0 spiro atoms. The molecule has 0 heterocycles. The first-order valence-electron chi connectivity index (χ1n) is 12.1. The summed E-state index contributed by atoms with van der Waals surface area (Å²) in [5, 5.41) is 0. The lowest BCUT2D eigenvalue weighted by Crippen LogP contribution is -2.20. The maximum absolute atomic E-state index is 6.06. The van der Waals surface area contributed by atoms with Crippen LogP contribution < -0.4 is 4.74 Å². The topological polar surface area (TPSA) is 9.23 Å².